The first-order valence-corrected chi connectivity index (χ1v) is 13.4. The molecule has 38 heavy (non-hydrogen) atoms. The lowest BCUT2D eigenvalue weighted by Crippen LogP contribution is -2.61. The van der Waals surface area contributed by atoms with E-state index in [-0.39, 0.29) is 39.5 Å². The number of fused-ring (bicyclic) bond motifs is 1. The number of H-pyrrole nitrogens is 1. The van der Waals surface area contributed by atoms with Gasteiger partial charge in [0.1, 0.15) is 17.4 Å². The first kappa shape index (κ1) is 25.1. The van der Waals surface area contributed by atoms with Crippen LogP contribution in [0.1, 0.15) is 25.7 Å². The lowest BCUT2D eigenvalue weighted by atomic mass is 9.72. The number of ether oxygens (including phenoxy) is 1. The number of hydrogen-bond donors (Lipinski definition) is 1. The van der Waals surface area contributed by atoms with Crippen molar-refractivity contribution in [3.05, 3.63) is 42.0 Å². The van der Waals surface area contributed by atoms with E-state index in [2.05, 4.69) is 38.6 Å². The molecule has 200 valence electrons. The highest BCUT2D eigenvalue weighted by Crippen LogP contribution is 2.43. The molecule has 0 bridgehead atoms. The van der Waals surface area contributed by atoms with Crippen molar-refractivity contribution in [1.82, 2.24) is 30.0 Å². The second-order valence-corrected chi connectivity index (χ2v) is 11.2. The third-order valence-corrected chi connectivity index (χ3v) is 8.53. The van der Waals surface area contributed by atoms with E-state index in [0.717, 1.165) is 65.0 Å². The molecule has 3 fully saturated rings. The van der Waals surface area contributed by atoms with Crippen LogP contribution in [-0.2, 0) is 4.79 Å². The molecule has 3 aromatic rings. The molecule has 6 rings (SSSR count). The minimum absolute atomic E-state index is 0.0194. The second kappa shape index (κ2) is 9.81. The van der Waals surface area contributed by atoms with Crippen LogP contribution in [-0.4, -0.2) is 88.3 Å². The standard InChI is InChI=1S/C27H31ClFN7O2/c1-3-21(37)36-15-27(16-36)6-10-35(11-7-27)25-19-12-20(28)22(17-13-30-31-14-17)23(29)24(19)32-26(33-25)38-18-4-8-34(2)9-5-18/h3,12-14,18H,1,4-11,15-16H2,2H3,(H,30,31). The van der Waals surface area contributed by atoms with Crippen LogP contribution in [0.4, 0.5) is 10.2 Å². The normalized spacial score (nSPS) is 20.1. The van der Waals surface area contributed by atoms with Crippen molar-refractivity contribution in [2.75, 3.05) is 51.2 Å². The summed E-state index contributed by atoms with van der Waals surface area (Å²) in [4.78, 5) is 27.6. The maximum Gasteiger partial charge on any atom is 0.319 e. The Balaban J connectivity index is 1.34. The van der Waals surface area contributed by atoms with Crippen LogP contribution in [0, 0.1) is 11.2 Å². The molecule has 11 heteroatoms. The Kier molecular flexibility index (Phi) is 6.47. The van der Waals surface area contributed by atoms with Crippen molar-refractivity contribution >= 4 is 34.2 Å². The number of piperidine rings is 2. The van der Waals surface area contributed by atoms with Gasteiger partial charge in [0.2, 0.25) is 5.91 Å². The number of nitrogens with zero attached hydrogens (tertiary/aromatic N) is 6. The summed E-state index contributed by atoms with van der Waals surface area (Å²) < 4.78 is 22.3. The lowest BCUT2D eigenvalue weighted by Gasteiger charge is -2.54. The monoisotopic (exact) mass is 539 g/mol. The van der Waals surface area contributed by atoms with Crippen LogP contribution >= 0.6 is 11.6 Å². The number of aromatic nitrogens is 4. The first-order valence-electron chi connectivity index (χ1n) is 13.1. The first-order chi connectivity index (χ1) is 18.4. The third kappa shape index (κ3) is 4.49. The summed E-state index contributed by atoms with van der Waals surface area (Å²) in [6, 6.07) is 1.93. The van der Waals surface area contributed by atoms with Gasteiger partial charge in [-0.05, 0) is 44.9 Å². The highest BCUT2D eigenvalue weighted by Gasteiger charge is 2.46. The molecule has 1 aromatic carbocycles. The Labute approximate surface area is 225 Å². The Morgan fingerprint density at radius 3 is 2.63 bits per heavy atom. The summed E-state index contributed by atoms with van der Waals surface area (Å²) in [5, 5.41) is 7.51. The number of amides is 1. The molecule has 3 aliphatic heterocycles. The predicted octanol–water partition coefficient (Wildman–Crippen LogP) is 3.90. The highest BCUT2D eigenvalue weighted by molar-refractivity contribution is 6.34. The minimum Gasteiger partial charge on any atom is -0.460 e. The fraction of sp³-hybridized carbons (Fsp3) is 0.481. The van der Waals surface area contributed by atoms with Crippen LogP contribution in [0.2, 0.25) is 5.02 Å². The van der Waals surface area contributed by atoms with E-state index >= 15 is 4.39 Å². The minimum atomic E-state index is -0.517. The Bertz CT molecular complexity index is 1360. The lowest BCUT2D eigenvalue weighted by molar-refractivity contribution is -0.139. The van der Waals surface area contributed by atoms with Crippen molar-refractivity contribution in [2.45, 2.75) is 31.8 Å². The zero-order chi connectivity index (χ0) is 26.4. The van der Waals surface area contributed by atoms with Crippen molar-refractivity contribution < 1.29 is 13.9 Å². The van der Waals surface area contributed by atoms with Gasteiger partial charge in [-0.15, -0.1) is 0 Å². The molecule has 3 saturated heterocycles. The Hall–Kier alpha value is -3.24. The maximum absolute atomic E-state index is 16.0. The van der Waals surface area contributed by atoms with E-state index in [1.165, 1.54) is 12.3 Å². The predicted molar refractivity (Wildman–Crippen MR) is 144 cm³/mol. The molecular formula is C27H31ClFN7O2. The zero-order valence-electron chi connectivity index (χ0n) is 21.4. The molecule has 1 amide bonds. The molecule has 0 radical (unpaired) electrons. The molecule has 0 atom stereocenters. The summed E-state index contributed by atoms with van der Waals surface area (Å²) in [6.07, 6.45) is 8.05. The van der Waals surface area contributed by atoms with Crippen LogP contribution < -0.4 is 9.64 Å². The van der Waals surface area contributed by atoms with Crippen molar-refractivity contribution in [2.24, 2.45) is 5.41 Å². The molecule has 5 heterocycles. The molecular weight excluding hydrogens is 509 g/mol. The Morgan fingerprint density at radius 2 is 1.97 bits per heavy atom. The van der Waals surface area contributed by atoms with E-state index in [1.807, 2.05) is 4.90 Å². The highest BCUT2D eigenvalue weighted by atomic mass is 35.5. The van der Waals surface area contributed by atoms with Gasteiger partial charge >= 0.3 is 6.01 Å². The summed E-state index contributed by atoms with van der Waals surface area (Å²) in [5.74, 6) is 0.0941. The van der Waals surface area contributed by atoms with Crippen molar-refractivity contribution in [3.63, 3.8) is 0 Å². The molecule has 3 aliphatic rings. The number of hydrogen-bond acceptors (Lipinski definition) is 7. The second-order valence-electron chi connectivity index (χ2n) is 10.8. The quantitative estimate of drug-likeness (QED) is 0.492. The smallest absolute Gasteiger partial charge is 0.319 e. The topological polar surface area (TPSA) is 90.5 Å². The van der Waals surface area contributed by atoms with Gasteiger partial charge in [0, 0.05) is 67.4 Å². The summed E-state index contributed by atoms with van der Waals surface area (Å²) in [5.41, 5.74) is 1.10. The fourth-order valence-corrected chi connectivity index (χ4v) is 6.22. The van der Waals surface area contributed by atoms with E-state index in [9.17, 15) is 4.79 Å². The summed E-state index contributed by atoms with van der Waals surface area (Å²) >= 11 is 6.62. The van der Waals surface area contributed by atoms with Crippen LogP contribution in [0.25, 0.3) is 22.0 Å². The third-order valence-electron chi connectivity index (χ3n) is 8.23. The number of benzene rings is 1. The molecule has 0 unspecified atom stereocenters. The SMILES string of the molecule is C=CC(=O)N1CC2(CCN(c3nc(OC4CCN(C)CC4)nc4c(F)c(-c5cn[nH]c5)c(Cl)cc34)CC2)C1. The number of anilines is 1. The number of aromatic amines is 1. The van der Waals surface area contributed by atoms with Gasteiger partial charge in [-0.25, -0.2) is 4.39 Å². The Morgan fingerprint density at radius 1 is 1.24 bits per heavy atom. The van der Waals surface area contributed by atoms with Gasteiger partial charge in [-0.1, -0.05) is 18.2 Å². The summed E-state index contributed by atoms with van der Waals surface area (Å²) in [6.45, 7) is 8.41. The van der Waals surface area contributed by atoms with Crippen molar-refractivity contribution in [3.8, 4) is 17.1 Å². The average molecular weight is 540 g/mol. The van der Waals surface area contributed by atoms with Crippen LogP contribution in [0.5, 0.6) is 6.01 Å². The molecule has 1 N–H and O–H groups in total. The van der Waals surface area contributed by atoms with Gasteiger partial charge in [0.25, 0.3) is 0 Å². The van der Waals surface area contributed by atoms with Gasteiger partial charge in [-0.2, -0.15) is 15.1 Å². The molecule has 9 nitrogen and oxygen atoms in total. The van der Waals surface area contributed by atoms with Crippen LogP contribution in [0.15, 0.2) is 31.1 Å². The number of nitrogens with one attached hydrogen (secondary N) is 1. The van der Waals surface area contributed by atoms with Gasteiger partial charge in [0.05, 0.1) is 11.2 Å². The molecule has 0 saturated carbocycles. The van der Waals surface area contributed by atoms with Gasteiger partial charge in [0.15, 0.2) is 5.82 Å². The van der Waals surface area contributed by atoms with E-state index in [1.54, 1.807) is 12.3 Å². The maximum atomic E-state index is 16.0. The van der Waals surface area contributed by atoms with Gasteiger partial charge in [-0.3, -0.25) is 9.89 Å². The van der Waals surface area contributed by atoms with Gasteiger partial charge < -0.3 is 19.4 Å². The number of halogens is 2. The number of likely N-dealkylation sites (tertiary alicyclic amines) is 2. The molecule has 0 aliphatic carbocycles. The van der Waals surface area contributed by atoms with Crippen LogP contribution in [0.3, 0.4) is 0 Å². The molecule has 1 spiro atoms. The fourth-order valence-electron chi connectivity index (χ4n) is 5.92. The average Bonchev–Trinajstić information content (AvgIpc) is 3.43. The summed E-state index contributed by atoms with van der Waals surface area (Å²) in [7, 11) is 2.09. The number of carbonyl (C=O) groups excluding carboxylic acids is 1. The van der Waals surface area contributed by atoms with Crippen molar-refractivity contribution in [1.29, 1.82) is 0 Å². The number of carbonyl (C=O) groups is 1. The zero-order valence-corrected chi connectivity index (χ0v) is 22.2. The largest absolute Gasteiger partial charge is 0.460 e. The van der Waals surface area contributed by atoms with E-state index < -0.39 is 5.82 Å². The van der Waals surface area contributed by atoms with E-state index in [4.69, 9.17) is 21.3 Å². The van der Waals surface area contributed by atoms with E-state index in [0.29, 0.717) is 16.8 Å². The number of rotatable bonds is 5. The molecule has 2 aromatic heterocycles.